The highest BCUT2D eigenvalue weighted by atomic mass is 35.5. The molecule has 2 atom stereocenters. The van der Waals surface area contributed by atoms with Crippen molar-refractivity contribution in [2.45, 2.75) is 23.3 Å². The number of halogens is 1. The molecule has 1 N–H and O–H groups in total. The topological polar surface area (TPSA) is 168 Å². The average molecular weight is 683 g/mol. The van der Waals surface area contributed by atoms with Gasteiger partial charge in [-0.25, -0.2) is 22.5 Å². The van der Waals surface area contributed by atoms with E-state index in [1.165, 1.54) is 48.7 Å². The summed E-state index contributed by atoms with van der Waals surface area (Å²) in [5.74, 6) is -0.272. The molecule has 2 amide bonds. The first kappa shape index (κ1) is 32.3. The highest BCUT2D eigenvalue weighted by molar-refractivity contribution is 7.93. The monoisotopic (exact) mass is 682 g/mol. The molecular formula is C34H27ClN6O6S. The number of nitrogens with zero attached hydrogens (tertiary/aromatic N) is 6. The number of aromatic nitrogens is 1. The highest BCUT2D eigenvalue weighted by Gasteiger charge is 2.63. The Labute approximate surface area is 281 Å². The van der Waals surface area contributed by atoms with E-state index in [4.69, 9.17) is 16.3 Å². The Morgan fingerprint density at radius 3 is 2.38 bits per heavy atom. The zero-order valence-corrected chi connectivity index (χ0v) is 27.0. The van der Waals surface area contributed by atoms with E-state index < -0.39 is 33.5 Å². The van der Waals surface area contributed by atoms with E-state index >= 15 is 4.79 Å². The molecule has 0 spiro atoms. The Morgan fingerprint density at radius 2 is 1.73 bits per heavy atom. The third-order valence-corrected chi connectivity index (χ3v) is 10.5. The lowest BCUT2D eigenvalue weighted by molar-refractivity contribution is -0.122. The maximum absolute atomic E-state index is 15.4. The number of carbonyl (C=O) groups excluding carboxylic acids is 1. The second-order valence-corrected chi connectivity index (χ2v) is 13.3. The molecule has 2 aliphatic heterocycles. The van der Waals surface area contributed by atoms with E-state index in [2.05, 4.69) is 11.1 Å². The van der Waals surface area contributed by atoms with Gasteiger partial charge in [-0.15, -0.1) is 0 Å². The van der Waals surface area contributed by atoms with Gasteiger partial charge in [0.1, 0.15) is 23.1 Å². The molecule has 6 rings (SSSR count). The van der Waals surface area contributed by atoms with E-state index in [9.17, 15) is 28.8 Å². The quantitative estimate of drug-likeness (QED) is 0.287. The molecule has 0 radical (unpaired) electrons. The van der Waals surface area contributed by atoms with Gasteiger partial charge < -0.3 is 19.6 Å². The lowest BCUT2D eigenvalue weighted by Gasteiger charge is -2.48. The van der Waals surface area contributed by atoms with Crippen LogP contribution in [0.3, 0.4) is 0 Å². The molecule has 1 saturated heterocycles. The smallest absolute Gasteiger partial charge is 0.407 e. The largest absolute Gasteiger partial charge is 0.494 e. The summed E-state index contributed by atoms with van der Waals surface area (Å²) in [7, 11) is -4.61. The van der Waals surface area contributed by atoms with Crippen molar-refractivity contribution in [2.75, 3.05) is 35.4 Å². The fourth-order valence-electron chi connectivity index (χ4n) is 6.50. The van der Waals surface area contributed by atoms with Crippen molar-refractivity contribution < 1.29 is 27.9 Å². The SMILES string of the molecule is CCOc1ccccc1C1(C2CN(c3ccc(C#N)cn3)CCN2C(=O)O)C(=O)N(S(=O)(=O)c2ccc(Cl)cc2)c2ccc(C#N)cc21. The number of benzene rings is 3. The molecule has 0 saturated carbocycles. The number of hydrogen-bond acceptors (Lipinski definition) is 9. The van der Waals surface area contributed by atoms with Crippen molar-refractivity contribution >= 4 is 45.1 Å². The second-order valence-electron chi connectivity index (χ2n) is 11.1. The summed E-state index contributed by atoms with van der Waals surface area (Å²) in [6.45, 7) is 1.94. The number of amides is 2. The van der Waals surface area contributed by atoms with Gasteiger partial charge in [-0.3, -0.25) is 4.79 Å². The number of hydrogen-bond donors (Lipinski definition) is 1. The summed E-state index contributed by atoms with van der Waals surface area (Å²) in [4.78, 5) is 35.5. The number of nitriles is 2. The molecular weight excluding hydrogens is 656 g/mol. The minimum atomic E-state index is -4.61. The van der Waals surface area contributed by atoms with Crippen molar-refractivity contribution in [3.05, 3.63) is 112 Å². The van der Waals surface area contributed by atoms with Crippen LogP contribution in [0, 0.1) is 22.7 Å². The average Bonchev–Trinajstić information content (AvgIpc) is 3.36. The van der Waals surface area contributed by atoms with Gasteiger partial charge in [-0.2, -0.15) is 10.5 Å². The number of carboxylic acid groups (broad SMARTS) is 1. The molecule has 2 aliphatic rings. The summed E-state index contributed by atoms with van der Waals surface area (Å²) in [5, 5.41) is 30.2. The Hall–Kier alpha value is -5.63. The fraction of sp³-hybridized carbons (Fsp3) is 0.206. The Balaban J connectivity index is 1.67. The summed E-state index contributed by atoms with van der Waals surface area (Å²) >= 11 is 6.06. The molecule has 4 aromatic rings. The van der Waals surface area contributed by atoms with E-state index in [0.29, 0.717) is 15.7 Å². The van der Waals surface area contributed by atoms with E-state index in [0.717, 1.165) is 4.90 Å². The number of pyridine rings is 1. The van der Waals surface area contributed by atoms with Crippen LogP contribution >= 0.6 is 11.6 Å². The van der Waals surface area contributed by atoms with Crippen LogP contribution in [-0.4, -0.2) is 67.7 Å². The second kappa shape index (κ2) is 12.5. The third kappa shape index (κ3) is 5.14. The molecule has 14 heteroatoms. The minimum Gasteiger partial charge on any atom is -0.494 e. The normalized spacial score (nSPS) is 19.0. The number of anilines is 2. The Bertz CT molecular complexity index is 2110. The number of para-hydroxylation sites is 1. The zero-order chi connectivity index (χ0) is 34.2. The lowest BCUT2D eigenvalue weighted by atomic mass is 9.68. The Morgan fingerprint density at radius 1 is 1.02 bits per heavy atom. The van der Waals surface area contributed by atoms with E-state index in [1.807, 2.05) is 6.07 Å². The van der Waals surface area contributed by atoms with Gasteiger partial charge in [0.05, 0.1) is 40.4 Å². The molecule has 0 bridgehead atoms. The highest BCUT2D eigenvalue weighted by Crippen LogP contribution is 2.54. The maximum atomic E-state index is 15.4. The molecule has 3 aromatic carbocycles. The summed E-state index contributed by atoms with van der Waals surface area (Å²) in [6.07, 6.45) is 0.0643. The van der Waals surface area contributed by atoms with Gasteiger partial charge in [0, 0.05) is 42.0 Å². The van der Waals surface area contributed by atoms with Crippen LogP contribution in [0.2, 0.25) is 5.02 Å². The first-order valence-electron chi connectivity index (χ1n) is 14.8. The first-order valence-corrected chi connectivity index (χ1v) is 16.6. The van der Waals surface area contributed by atoms with Gasteiger partial charge >= 0.3 is 6.09 Å². The third-order valence-electron chi connectivity index (χ3n) is 8.58. The van der Waals surface area contributed by atoms with Crippen LogP contribution < -0.4 is 13.9 Å². The van der Waals surface area contributed by atoms with E-state index in [1.54, 1.807) is 48.2 Å². The van der Waals surface area contributed by atoms with E-state index in [-0.39, 0.29) is 64.3 Å². The van der Waals surface area contributed by atoms with Crippen LogP contribution in [0.4, 0.5) is 16.3 Å². The molecule has 3 heterocycles. The van der Waals surface area contributed by atoms with Gasteiger partial charge in [-0.05, 0) is 67.6 Å². The number of rotatable bonds is 7. The maximum Gasteiger partial charge on any atom is 0.407 e. The standard InChI is InChI=1S/C34H27ClN6O6S/c1-2-47-29-6-4-3-5-26(29)34(30-21-39(15-16-40(30)33(43)44)31-14-8-23(19-37)20-38-31)27-17-22(18-36)7-13-28(27)41(32(34)42)48(45,46)25-11-9-24(35)10-12-25/h3-14,17,20,30H,2,15-16,21H2,1H3,(H,43,44). The van der Waals surface area contributed by atoms with Crippen molar-refractivity contribution in [3.8, 4) is 17.9 Å². The number of piperazine rings is 1. The van der Waals surface area contributed by atoms with Gasteiger partial charge in [0.25, 0.3) is 15.9 Å². The van der Waals surface area contributed by atoms with Crippen LogP contribution in [0.5, 0.6) is 5.75 Å². The van der Waals surface area contributed by atoms with Crippen molar-refractivity contribution in [2.24, 2.45) is 0 Å². The first-order chi connectivity index (χ1) is 23.1. The molecule has 1 aromatic heterocycles. The minimum absolute atomic E-state index is 0.0285. The van der Waals surface area contributed by atoms with Crippen LogP contribution in [0.25, 0.3) is 0 Å². The van der Waals surface area contributed by atoms with Gasteiger partial charge in [0.15, 0.2) is 0 Å². The summed E-state index contributed by atoms with van der Waals surface area (Å²) in [6, 6.07) is 22.2. The molecule has 0 aliphatic carbocycles. The molecule has 12 nitrogen and oxygen atoms in total. The van der Waals surface area contributed by atoms with Crippen molar-refractivity contribution in [1.29, 1.82) is 10.5 Å². The number of sulfonamides is 1. The van der Waals surface area contributed by atoms with Crippen LogP contribution in [0.15, 0.2) is 90.0 Å². The molecule has 48 heavy (non-hydrogen) atoms. The Kier molecular flexibility index (Phi) is 8.43. The molecule has 2 unspecified atom stereocenters. The summed E-state index contributed by atoms with van der Waals surface area (Å²) in [5.41, 5.74) is -1.24. The zero-order valence-electron chi connectivity index (χ0n) is 25.4. The predicted octanol–water partition coefficient (Wildman–Crippen LogP) is 4.77. The number of carbonyl (C=O) groups is 2. The number of ether oxygens (including phenoxy) is 1. The van der Waals surface area contributed by atoms with Crippen molar-refractivity contribution in [1.82, 2.24) is 9.88 Å². The fourth-order valence-corrected chi connectivity index (χ4v) is 8.10. The van der Waals surface area contributed by atoms with Crippen LogP contribution in [-0.2, 0) is 20.2 Å². The lowest BCUT2D eigenvalue weighted by Crippen LogP contribution is -2.66. The van der Waals surface area contributed by atoms with Gasteiger partial charge in [0.2, 0.25) is 0 Å². The van der Waals surface area contributed by atoms with Crippen LogP contribution in [0.1, 0.15) is 29.2 Å². The van der Waals surface area contributed by atoms with Gasteiger partial charge in [-0.1, -0.05) is 29.8 Å². The predicted molar refractivity (Wildman–Crippen MR) is 175 cm³/mol. The molecule has 242 valence electrons. The number of fused-ring (bicyclic) bond motifs is 1. The van der Waals surface area contributed by atoms with Crippen molar-refractivity contribution in [3.63, 3.8) is 0 Å². The summed E-state index contributed by atoms with van der Waals surface area (Å²) < 4.78 is 35.6. The molecule has 1 fully saturated rings.